The predicted molar refractivity (Wildman–Crippen MR) is 84.1 cm³/mol. The summed E-state index contributed by atoms with van der Waals surface area (Å²) < 4.78 is 38.3. The Morgan fingerprint density at radius 2 is 1.76 bits per heavy atom. The number of nitrogens with one attached hydrogen (secondary N) is 1. The molecule has 1 atom stereocenters. The summed E-state index contributed by atoms with van der Waals surface area (Å²) in [4.78, 5) is 25.5. The molecule has 0 saturated carbocycles. The molecule has 0 aliphatic carbocycles. The van der Waals surface area contributed by atoms with Gasteiger partial charge in [0.05, 0.1) is 17.7 Å². The van der Waals surface area contributed by atoms with Crippen molar-refractivity contribution in [2.75, 3.05) is 10.2 Å². The summed E-state index contributed by atoms with van der Waals surface area (Å²) in [6.07, 6.45) is -4.67. The molecule has 1 unspecified atom stereocenters. The molecule has 0 spiro atoms. The topological polar surface area (TPSA) is 69.6 Å². The molecule has 1 aliphatic rings. The van der Waals surface area contributed by atoms with Gasteiger partial charge in [-0.1, -0.05) is 6.07 Å². The average Bonchev–Trinajstić information content (AvgIpc) is 2.82. The Balaban J connectivity index is 1.80. The summed E-state index contributed by atoms with van der Waals surface area (Å²) in [5, 5.41) is 12.0. The Labute approximate surface area is 140 Å². The van der Waals surface area contributed by atoms with Crippen LogP contribution < -0.4 is 10.2 Å². The highest BCUT2D eigenvalue weighted by Crippen LogP contribution is 2.32. The first-order valence-electron chi connectivity index (χ1n) is 7.35. The molecule has 0 bridgehead atoms. The lowest BCUT2D eigenvalue weighted by Crippen LogP contribution is -2.34. The Morgan fingerprint density at radius 3 is 2.40 bits per heavy atom. The van der Waals surface area contributed by atoms with Gasteiger partial charge in [0.1, 0.15) is 11.8 Å². The summed E-state index contributed by atoms with van der Waals surface area (Å²) in [6.45, 7) is 0. The first-order valence-corrected chi connectivity index (χ1v) is 7.35. The van der Waals surface area contributed by atoms with E-state index in [0.29, 0.717) is 5.69 Å². The van der Waals surface area contributed by atoms with Crippen LogP contribution in [0.1, 0.15) is 12.0 Å². The van der Waals surface area contributed by atoms with Crippen LogP contribution in [-0.4, -0.2) is 23.0 Å². The molecule has 2 N–H and O–H groups in total. The molecule has 25 heavy (non-hydrogen) atoms. The summed E-state index contributed by atoms with van der Waals surface area (Å²) in [6, 6.07) is 8.99. The molecular weight excluding hydrogens is 337 g/mol. The number of rotatable bonds is 3. The zero-order valence-electron chi connectivity index (χ0n) is 12.7. The number of halogens is 3. The number of phenols is 1. The van der Waals surface area contributed by atoms with E-state index in [0.717, 1.165) is 17.0 Å². The van der Waals surface area contributed by atoms with E-state index in [9.17, 15) is 27.9 Å². The number of imide groups is 1. The maximum absolute atomic E-state index is 12.8. The van der Waals surface area contributed by atoms with Crippen molar-refractivity contribution in [3.63, 3.8) is 0 Å². The predicted octanol–water partition coefficient (Wildman–Crippen LogP) is 3.16. The smallest absolute Gasteiger partial charge is 0.416 e. The Kier molecular flexibility index (Phi) is 4.12. The molecule has 1 aliphatic heterocycles. The molecule has 130 valence electrons. The first kappa shape index (κ1) is 16.8. The van der Waals surface area contributed by atoms with Crippen LogP contribution >= 0.6 is 0 Å². The molecule has 1 heterocycles. The molecule has 2 amide bonds. The number of carbonyl (C=O) groups excluding carboxylic acids is 2. The minimum atomic E-state index is -4.49. The van der Waals surface area contributed by atoms with Gasteiger partial charge in [0.2, 0.25) is 5.91 Å². The van der Waals surface area contributed by atoms with E-state index < -0.39 is 29.6 Å². The second-order valence-corrected chi connectivity index (χ2v) is 5.56. The summed E-state index contributed by atoms with van der Waals surface area (Å²) in [7, 11) is 0. The summed E-state index contributed by atoms with van der Waals surface area (Å²) >= 11 is 0. The quantitative estimate of drug-likeness (QED) is 0.835. The molecule has 2 aromatic rings. The van der Waals surface area contributed by atoms with E-state index in [1.54, 1.807) is 0 Å². The van der Waals surface area contributed by atoms with Crippen molar-refractivity contribution in [3.8, 4) is 5.75 Å². The van der Waals surface area contributed by atoms with Gasteiger partial charge in [0.15, 0.2) is 0 Å². The molecule has 0 aromatic heterocycles. The standard InChI is InChI=1S/C17H13F3N2O3/c18-17(19,20)10-2-1-3-11(8-10)21-14-9-15(24)22(16(14)25)12-4-6-13(23)7-5-12/h1-8,14,21,23H,9H2. The SMILES string of the molecule is O=C1CC(Nc2cccc(C(F)(F)F)c2)C(=O)N1c1ccc(O)cc1. The zero-order chi connectivity index (χ0) is 18.2. The Bertz CT molecular complexity index is 819. The average molecular weight is 350 g/mol. The number of anilines is 2. The van der Waals surface area contributed by atoms with E-state index in [1.165, 1.54) is 36.4 Å². The maximum atomic E-state index is 12.8. The second kappa shape index (κ2) is 6.12. The van der Waals surface area contributed by atoms with Crippen LogP contribution in [-0.2, 0) is 15.8 Å². The maximum Gasteiger partial charge on any atom is 0.416 e. The Morgan fingerprint density at radius 1 is 1.08 bits per heavy atom. The van der Waals surface area contributed by atoms with Crippen molar-refractivity contribution >= 4 is 23.2 Å². The number of nitrogens with zero attached hydrogens (tertiary/aromatic N) is 1. The molecule has 3 rings (SSSR count). The third-order valence-corrected chi connectivity index (χ3v) is 3.79. The third-order valence-electron chi connectivity index (χ3n) is 3.79. The number of amides is 2. The third kappa shape index (κ3) is 3.42. The van der Waals surface area contributed by atoms with Gasteiger partial charge in [-0.05, 0) is 42.5 Å². The normalized spacial score (nSPS) is 17.9. The lowest BCUT2D eigenvalue weighted by atomic mass is 10.1. The largest absolute Gasteiger partial charge is 0.508 e. The van der Waals surface area contributed by atoms with Crippen LogP contribution in [0.4, 0.5) is 24.5 Å². The van der Waals surface area contributed by atoms with Crippen LogP contribution in [0.15, 0.2) is 48.5 Å². The fourth-order valence-corrected chi connectivity index (χ4v) is 2.60. The van der Waals surface area contributed by atoms with Crippen molar-refractivity contribution in [2.24, 2.45) is 0 Å². The number of phenolic OH excluding ortho intramolecular Hbond substituents is 1. The van der Waals surface area contributed by atoms with Crippen LogP contribution in [0.3, 0.4) is 0 Å². The van der Waals surface area contributed by atoms with Crippen molar-refractivity contribution in [2.45, 2.75) is 18.6 Å². The molecule has 8 heteroatoms. The van der Waals surface area contributed by atoms with E-state index in [-0.39, 0.29) is 17.9 Å². The monoisotopic (exact) mass is 350 g/mol. The molecule has 1 saturated heterocycles. The zero-order valence-corrected chi connectivity index (χ0v) is 12.7. The highest BCUT2D eigenvalue weighted by molar-refractivity contribution is 6.23. The van der Waals surface area contributed by atoms with Gasteiger partial charge in [-0.3, -0.25) is 9.59 Å². The highest BCUT2D eigenvalue weighted by Gasteiger charge is 2.40. The second-order valence-electron chi connectivity index (χ2n) is 5.56. The lowest BCUT2D eigenvalue weighted by molar-refractivity contribution is -0.137. The molecule has 1 fully saturated rings. The number of carbonyl (C=O) groups is 2. The number of benzene rings is 2. The number of hydrogen-bond donors (Lipinski definition) is 2. The van der Waals surface area contributed by atoms with E-state index in [1.807, 2.05) is 0 Å². The van der Waals surface area contributed by atoms with Gasteiger partial charge in [-0.15, -0.1) is 0 Å². The van der Waals surface area contributed by atoms with Gasteiger partial charge in [-0.2, -0.15) is 13.2 Å². The molecule has 2 aromatic carbocycles. The van der Waals surface area contributed by atoms with Gasteiger partial charge in [0, 0.05) is 5.69 Å². The van der Waals surface area contributed by atoms with Gasteiger partial charge in [0.25, 0.3) is 5.91 Å². The van der Waals surface area contributed by atoms with Crippen molar-refractivity contribution in [3.05, 3.63) is 54.1 Å². The van der Waals surface area contributed by atoms with Crippen molar-refractivity contribution in [1.29, 1.82) is 0 Å². The van der Waals surface area contributed by atoms with Gasteiger partial charge < -0.3 is 10.4 Å². The molecule has 5 nitrogen and oxygen atoms in total. The summed E-state index contributed by atoms with van der Waals surface area (Å²) in [5.41, 5.74) is -0.445. The number of aromatic hydroxyl groups is 1. The van der Waals surface area contributed by atoms with Crippen LogP contribution in [0.5, 0.6) is 5.75 Å². The van der Waals surface area contributed by atoms with Gasteiger partial charge in [-0.25, -0.2) is 4.90 Å². The Hall–Kier alpha value is -3.03. The fraction of sp³-hybridized carbons (Fsp3) is 0.176. The minimum Gasteiger partial charge on any atom is -0.508 e. The molecule has 0 radical (unpaired) electrons. The summed E-state index contributed by atoms with van der Waals surface area (Å²) in [5.74, 6) is -1.05. The van der Waals surface area contributed by atoms with Crippen LogP contribution in [0.25, 0.3) is 0 Å². The lowest BCUT2D eigenvalue weighted by Gasteiger charge is -2.17. The molecular formula is C17H13F3N2O3. The number of hydrogen-bond acceptors (Lipinski definition) is 4. The number of alkyl halides is 3. The van der Waals surface area contributed by atoms with E-state index in [2.05, 4.69) is 5.32 Å². The van der Waals surface area contributed by atoms with Crippen molar-refractivity contribution in [1.82, 2.24) is 0 Å². The van der Waals surface area contributed by atoms with Crippen LogP contribution in [0.2, 0.25) is 0 Å². The highest BCUT2D eigenvalue weighted by atomic mass is 19.4. The fourth-order valence-electron chi connectivity index (χ4n) is 2.60. The first-order chi connectivity index (χ1) is 11.8. The minimum absolute atomic E-state index is 0.0125. The van der Waals surface area contributed by atoms with E-state index >= 15 is 0 Å². The van der Waals surface area contributed by atoms with Crippen molar-refractivity contribution < 1.29 is 27.9 Å². The van der Waals surface area contributed by atoms with Gasteiger partial charge >= 0.3 is 6.18 Å². The van der Waals surface area contributed by atoms with Crippen LogP contribution in [0, 0.1) is 0 Å². The van der Waals surface area contributed by atoms with E-state index in [4.69, 9.17) is 0 Å².